The van der Waals surface area contributed by atoms with E-state index in [0.717, 1.165) is 89.9 Å². The van der Waals surface area contributed by atoms with Gasteiger partial charge in [-0.1, -0.05) is 179 Å². The molecule has 0 rings (SSSR count). The van der Waals surface area contributed by atoms with Crippen molar-refractivity contribution in [3.8, 4) is 0 Å². The molecule has 6 nitrogen and oxygen atoms in total. The van der Waals surface area contributed by atoms with Crippen molar-refractivity contribution in [1.29, 1.82) is 0 Å². The van der Waals surface area contributed by atoms with Gasteiger partial charge in [-0.05, 0) is 70.6 Å². The lowest BCUT2D eigenvalue weighted by molar-refractivity contribution is -0.167. The van der Waals surface area contributed by atoms with Crippen molar-refractivity contribution >= 4 is 17.9 Å². The molecule has 314 valence electrons. The third kappa shape index (κ3) is 40.8. The molecule has 0 spiro atoms. The van der Waals surface area contributed by atoms with Crippen LogP contribution in [0.2, 0.25) is 0 Å². The van der Waals surface area contributed by atoms with Crippen LogP contribution in [0.4, 0.5) is 0 Å². The zero-order valence-electron chi connectivity index (χ0n) is 35.7. The standard InChI is InChI=1S/C48H86O6/c1-4-7-10-13-16-19-21-22-23-24-25-26-27-30-32-35-38-41-47(50)53-44-45(43-52-46(49)40-37-34-31-28-18-15-12-9-6-3)54-48(51)42-39-36-33-29-20-17-14-11-8-5-2/h14,16-17,19,22-23,45H,4-13,15,18,20-21,24-44H2,1-3H3/b17-14-,19-16-,23-22-. The van der Waals surface area contributed by atoms with Crippen molar-refractivity contribution < 1.29 is 28.6 Å². The summed E-state index contributed by atoms with van der Waals surface area (Å²) in [6.45, 7) is 6.53. The Kier molecular flexibility index (Phi) is 41.5. The van der Waals surface area contributed by atoms with Gasteiger partial charge in [0.2, 0.25) is 0 Å². The molecule has 6 heteroatoms. The minimum absolute atomic E-state index is 0.0778. The number of carbonyl (C=O) groups excluding carboxylic acids is 3. The van der Waals surface area contributed by atoms with Gasteiger partial charge in [-0.15, -0.1) is 0 Å². The zero-order valence-corrected chi connectivity index (χ0v) is 35.7. The average molecular weight is 759 g/mol. The fourth-order valence-corrected chi connectivity index (χ4v) is 6.33. The summed E-state index contributed by atoms with van der Waals surface area (Å²) in [5.41, 5.74) is 0. The van der Waals surface area contributed by atoms with E-state index in [-0.39, 0.29) is 31.1 Å². The maximum atomic E-state index is 12.7. The fraction of sp³-hybridized carbons (Fsp3) is 0.812. The lowest BCUT2D eigenvalue weighted by Gasteiger charge is -2.18. The summed E-state index contributed by atoms with van der Waals surface area (Å²) < 4.78 is 16.7. The van der Waals surface area contributed by atoms with Crippen LogP contribution in [-0.2, 0) is 28.6 Å². The summed E-state index contributed by atoms with van der Waals surface area (Å²) in [5, 5.41) is 0. The highest BCUT2D eigenvalue weighted by Crippen LogP contribution is 2.14. The molecule has 0 aliphatic heterocycles. The summed E-state index contributed by atoms with van der Waals surface area (Å²) in [6, 6.07) is 0. The van der Waals surface area contributed by atoms with Crippen LogP contribution in [0.25, 0.3) is 0 Å². The Morgan fingerprint density at radius 2 is 0.685 bits per heavy atom. The Hall–Kier alpha value is -2.37. The van der Waals surface area contributed by atoms with Gasteiger partial charge in [0.05, 0.1) is 0 Å². The van der Waals surface area contributed by atoms with E-state index in [1.807, 2.05) is 0 Å². The van der Waals surface area contributed by atoms with E-state index in [1.54, 1.807) is 0 Å². The highest BCUT2D eigenvalue weighted by atomic mass is 16.6. The van der Waals surface area contributed by atoms with E-state index >= 15 is 0 Å². The summed E-state index contributed by atoms with van der Waals surface area (Å²) in [6.07, 6.45) is 48.4. The van der Waals surface area contributed by atoms with Crippen LogP contribution < -0.4 is 0 Å². The number of carbonyl (C=O) groups is 3. The number of hydrogen-bond donors (Lipinski definition) is 0. The molecule has 1 unspecified atom stereocenters. The predicted molar refractivity (Wildman–Crippen MR) is 229 cm³/mol. The molecule has 0 N–H and O–H groups in total. The third-order valence-corrected chi connectivity index (χ3v) is 9.87. The van der Waals surface area contributed by atoms with Gasteiger partial charge in [-0.2, -0.15) is 0 Å². The maximum Gasteiger partial charge on any atom is 0.306 e. The second-order valence-electron chi connectivity index (χ2n) is 15.3. The van der Waals surface area contributed by atoms with Crippen molar-refractivity contribution in [3.05, 3.63) is 36.5 Å². The van der Waals surface area contributed by atoms with Crippen molar-refractivity contribution in [2.45, 2.75) is 239 Å². The first-order chi connectivity index (χ1) is 26.5. The van der Waals surface area contributed by atoms with Crippen LogP contribution in [0.3, 0.4) is 0 Å². The summed E-state index contributed by atoms with van der Waals surface area (Å²) in [4.78, 5) is 37.6. The number of allylic oxidation sites excluding steroid dienone is 6. The van der Waals surface area contributed by atoms with Crippen LogP contribution in [0, 0.1) is 0 Å². The van der Waals surface area contributed by atoms with E-state index in [2.05, 4.69) is 57.2 Å². The Balaban J connectivity index is 4.31. The zero-order chi connectivity index (χ0) is 39.4. The molecule has 0 amide bonds. The molecule has 0 saturated carbocycles. The number of hydrogen-bond acceptors (Lipinski definition) is 6. The van der Waals surface area contributed by atoms with Crippen molar-refractivity contribution in [2.24, 2.45) is 0 Å². The first kappa shape index (κ1) is 51.6. The van der Waals surface area contributed by atoms with Gasteiger partial charge < -0.3 is 14.2 Å². The molecule has 0 radical (unpaired) electrons. The average Bonchev–Trinajstić information content (AvgIpc) is 3.17. The fourth-order valence-electron chi connectivity index (χ4n) is 6.33. The molecule has 0 aliphatic carbocycles. The first-order valence-corrected chi connectivity index (χ1v) is 23.0. The molecule has 0 aromatic heterocycles. The van der Waals surface area contributed by atoms with Crippen LogP contribution in [0.15, 0.2) is 36.5 Å². The number of ether oxygens (including phenoxy) is 3. The van der Waals surface area contributed by atoms with Crippen LogP contribution in [0.5, 0.6) is 0 Å². The van der Waals surface area contributed by atoms with Crippen LogP contribution in [-0.4, -0.2) is 37.2 Å². The largest absolute Gasteiger partial charge is 0.462 e. The molecule has 0 aliphatic rings. The Morgan fingerprint density at radius 3 is 1.13 bits per heavy atom. The summed E-state index contributed by atoms with van der Waals surface area (Å²) >= 11 is 0. The third-order valence-electron chi connectivity index (χ3n) is 9.87. The van der Waals surface area contributed by atoms with E-state index in [4.69, 9.17) is 14.2 Å². The second kappa shape index (κ2) is 43.4. The molecule has 1 atom stereocenters. The number of rotatable bonds is 41. The molecule has 0 aromatic carbocycles. The molecule has 0 fully saturated rings. The van der Waals surface area contributed by atoms with Gasteiger partial charge in [0, 0.05) is 19.3 Å². The topological polar surface area (TPSA) is 78.9 Å². The van der Waals surface area contributed by atoms with Crippen molar-refractivity contribution in [3.63, 3.8) is 0 Å². The summed E-state index contributed by atoms with van der Waals surface area (Å²) in [7, 11) is 0. The minimum atomic E-state index is -0.774. The smallest absolute Gasteiger partial charge is 0.306 e. The van der Waals surface area contributed by atoms with E-state index in [0.29, 0.717) is 19.3 Å². The number of unbranched alkanes of at least 4 members (excludes halogenated alkanes) is 24. The van der Waals surface area contributed by atoms with E-state index < -0.39 is 6.10 Å². The lowest BCUT2D eigenvalue weighted by atomic mass is 10.1. The number of esters is 3. The van der Waals surface area contributed by atoms with Gasteiger partial charge in [0.1, 0.15) is 13.2 Å². The molecular formula is C48H86O6. The minimum Gasteiger partial charge on any atom is -0.462 e. The van der Waals surface area contributed by atoms with Gasteiger partial charge in [0.25, 0.3) is 0 Å². The Labute approximate surface area is 334 Å². The molecule has 0 bridgehead atoms. The molecular weight excluding hydrogens is 673 g/mol. The van der Waals surface area contributed by atoms with Gasteiger partial charge >= 0.3 is 17.9 Å². The van der Waals surface area contributed by atoms with Gasteiger partial charge in [-0.25, -0.2) is 0 Å². The Morgan fingerprint density at radius 1 is 0.370 bits per heavy atom. The van der Waals surface area contributed by atoms with Crippen molar-refractivity contribution in [2.75, 3.05) is 13.2 Å². The van der Waals surface area contributed by atoms with Gasteiger partial charge in [0.15, 0.2) is 6.10 Å². The van der Waals surface area contributed by atoms with Crippen LogP contribution >= 0.6 is 0 Å². The maximum absolute atomic E-state index is 12.7. The SMILES string of the molecule is CCCC/C=C\CCCCCCC(=O)OC(COC(=O)CCCCCCCCC/C=C\C/C=C\CCCCC)COC(=O)CCCCCCCCCCC. The summed E-state index contributed by atoms with van der Waals surface area (Å²) in [5.74, 6) is -0.901. The normalized spacial score (nSPS) is 12.3. The molecule has 0 saturated heterocycles. The molecule has 0 heterocycles. The van der Waals surface area contributed by atoms with Crippen molar-refractivity contribution in [1.82, 2.24) is 0 Å². The second-order valence-corrected chi connectivity index (χ2v) is 15.3. The lowest BCUT2D eigenvalue weighted by Crippen LogP contribution is -2.30. The van der Waals surface area contributed by atoms with Crippen LogP contribution in [0.1, 0.15) is 233 Å². The van der Waals surface area contributed by atoms with Gasteiger partial charge in [-0.3, -0.25) is 14.4 Å². The monoisotopic (exact) mass is 759 g/mol. The quantitative estimate of drug-likeness (QED) is 0.0267. The highest BCUT2D eigenvalue weighted by Gasteiger charge is 2.19. The Bertz CT molecular complexity index is 922. The highest BCUT2D eigenvalue weighted by molar-refractivity contribution is 5.71. The molecule has 0 aromatic rings. The molecule has 54 heavy (non-hydrogen) atoms. The first-order valence-electron chi connectivity index (χ1n) is 23.0. The predicted octanol–water partition coefficient (Wildman–Crippen LogP) is 14.6. The van der Waals surface area contributed by atoms with E-state index in [9.17, 15) is 14.4 Å². The van der Waals surface area contributed by atoms with E-state index in [1.165, 1.54) is 103 Å².